The number of amides is 3. The van der Waals surface area contributed by atoms with E-state index in [0.717, 1.165) is 63.1 Å². The van der Waals surface area contributed by atoms with Gasteiger partial charge >= 0.3 is 6.03 Å². The van der Waals surface area contributed by atoms with E-state index in [1.54, 1.807) is 35.0 Å². The van der Waals surface area contributed by atoms with Gasteiger partial charge in [0.2, 0.25) is 0 Å². The third-order valence-corrected chi connectivity index (χ3v) is 8.54. The number of halogens is 2. The van der Waals surface area contributed by atoms with Gasteiger partial charge in [0.15, 0.2) is 0 Å². The number of carbonyl (C=O) groups excluding carboxylic acids is 2. The Morgan fingerprint density at radius 2 is 1.79 bits per heavy atom. The third-order valence-electron chi connectivity index (χ3n) is 8.10. The van der Waals surface area contributed by atoms with Crippen molar-refractivity contribution in [3.8, 4) is 0 Å². The molecular formula is C31H41Cl2N7O3. The molecule has 0 radical (unpaired) electrons. The van der Waals surface area contributed by atoms with Crippen molar-refractivity contribution in [1.29, 1.82) is 5.41 Å². The number of oxime groups is 1. The number of rotatable bonds is 12. The van der Waals surface area contributed by atoms with Gasteiger partial charge in [-0.05, 0) is 56.0 Å². The number of nitrogens with one attached hydrogen (secondary N) is 1. The van der Waals surface area contributed by atoms with Gasteiger partial charge in [-0.25, -0.2) is 4.79 Å². The molecule has 2 saturated heterocycles. The molecule has 0 spiro atoms. The number of urea groups is 1. The van der Waals surface area contributed by atoms with E-state index >= 15 is 0 Å². The molecule has 2 aromatic carbocycles. The molecule has 1 unspecified atom stereocenters. The molecule has 0 aliphatic carbocycles. The lowest BCUT2D eigenvalue weighted by Gasteiger charge is -2.43. The fourth-order valence-corrected chi connectivity index (χ4v) is 6.53. The Hall–Kier alpha value is -3.34. The second-order valence-electron chi connectivity index (χ2n) is 11.2. The van der Waals surface area contributed by atoms with Crippen LogP contribution in [0.5, 0.6) is 0 Å². The minimum atomic E-state index is -0.212. The monoisotopic (exact) mass is 629 g/mol. The van der Waals surface area contributed by atoms with E-state index in [0.29, 0.717) is 22.2 Å². The Labute approximate surface area is 263 Å². The summed E-state index contributed by atoms with van der Waals surface area (Å²) < 4.78 is 0. The van der Waals surface area contributed by atoms with Crippen LogP contribution in [0.15, 0.2) is 53.7 Å². The molecule has 232 valence electrons. The maximum Gasteiger partial charge on any atom is 0.320 e. The van der Waals surface area contributed by atoms with Gasteiger partial charge in [0.25, 0.3) is 5.91 Å². The van der Waals surface area contributed by atoms with E-state index in [2.05, 4.69) is 22.2 Å². The summed E-state index contributed by atoms with van der Waals surface area (Å²) in [5.74, 6) is -0.268. The molecule has 2 aliphatic rings. The zero-order chi connectivity index (χ0) is 30.9. The van der Waals surface area contributed by atoms with Crippen molar-refractivity contribution >= 4 is 46.7 Å². The van der Waals surface area contributed by atoms with Crippen LogP contribution >= 0.6 is 23.2 Å². The van der Waals surface area contributed by atoms with Gasteiger partial charge in [-0.1, -0.05) is 58.7 Å². The largest absolute Gasteiger partial charge is 0.399 e. The summed E-state index contributed by atoms with van der Waals surface area (Å²) in [5, 5.41) is 12.8. The molecule has 4 rings (SSSR count). The van der Waals surface area contributed by atoms with E-state index in [1.807, 2.05) is 23.1 Å². The summed E-state index contributed by atoms with van der Waals surface area (Å²) in [5.41, 5.74) is 7.82. The molecule has 3 N–H and O–H groups in total. The number of nitrogens with two attached hydrogens (primary N) is 1. The molecule has 2 aliphatic heterocycles. The molecule has 2 heterocycles. The van der Waals surface area contributed by atoms with Crippen molar-refractivity contribution in [1.82, 2.24) is 19.6 Å². The highest BCUT2D eigenvalue weighted by atomic mass is 35.5. The lowest BCUT2D eigenvalue weighted by atomic mass is 9.89. The summed E-state index contributed by atoms with van der Waals surface area (Å²) in [6.07, 6.45) is 3.47. The normalized spacial score (nSPS) is 17.6. The van der Waals surface area contributed by atoms with Crippen molar-refractivity contribution in [2.24, 2.45) is 10.9 Å². The summed E-state index contributed by atoms with van der Waals surface area (Å²) >= 11 is 12.3. The van der Waals surface area contributed by atoms with Gasteiger partial charge in [-0.15, -0.1) is 0 Å². The molecule has 1 atom stereocenters. The highest BCUT2D eigenvalue weighted by Crippen LogP contribution is 2.27. The van der Waals surface area contributed by atoms with Crippen LogP contribution < -0.4 is 5.73 Å². The van der Waals surface area contributed by atoms with Gasteiger partial charge in [-0.2, -0.15) is 0 Å². The molecule has 43 heavy (non-hydrogen) atoms. The van der Waals surface area contributed by atoms with Crippen molar-refractivity contribution in [3.63, 3.8) is 0 Å². The highest BCUT2D eigenvalue weighted by molar-refractivity contribution is 6.35. The third kappa shape index (κ3) is 8.84. The minimum Gasteiger partial charge on any atom is -0.399 e. The number of benzene rings is 2. The average Bonchev–Trinajstić information content (AvgIpc) is 2.98. The lowest BCUT2D eigenvalue weighted by molar-refractivity contribution is 0.0811. The van der Waals surface area contributed by atoms with Crippen LogP contribution in [0.1, 0.15) is 47.5 Å². The quantitative estimate of drug-likeness (QED) is 0.199. The smallest absolute Gasteiger partial charge is 0.320 e. The van der Waals surface area contributed by atoms with Gasteiger partial charge in [-0.3, -0.25) is 10.2 Å². The second-order valence-corrected chi connectivity index (χ2v) is 12.1. The zero-order valence-corrected chi connectivity index (χ0v) is 26.4. The fourth-order valence-electron chi connectivity index (χ4n) is 6.01. The van der Waals surface area contributed by atoms with Crippen LogP contribution in [0, 0.1) is 5.41 Å². The first kappa shape index (κ1) is 32.6. The molecule has 0 bridgehead atoms. The van der Waals surface area contributed by atoms with Crippen molar-refractivity contribution in [3.05, 3.63) is 69.7 Å². The first-order valence-corrected chi connectivity index (χ1v) is 15.4. The molecule has 10 nitrogen and oxygen atoms in total. The Morgan fingerprint density at radius 3 is 2.42 bits per heavy atom. The minimum absolute atomic E-state index is 0.0110. The van der Waals surface area contributed by atoms with Crippen molar-refractivity contribution in [2.45, 2.75) is 37.6 Å². The van der Waals surface area contributed by atoms with Crippen molar-refractivity contribution < 1.29 is 14.4 Å². The maximum absolute atomic E-state index is 13.3. The van der Waals surface area contributed by atoms with Crippen LogP contribution in [-0.2, 0) is 4.84 Å². The van der Waals surface area contributed by atoms with Crippen LogP contribution in [0.25, 0.3) is 0 Å². The SMILES string of the molecule is CO/N=C(\CN(C)C(=O)c1cc(Cl)cc(Cl)c1)C(CCN1CCC(N2CCCN(CC(=N)N)C2=O)CC1)c1ccccc1. The summed E-state index contributed by atoms with van der Waals surface area (Å²) in [6, 6.07) is 15.1. The Morgan fingerprint density at radius 1 is 1.12 bits per heavy atom. The standard InChI is InChI=1S/C31H41Cl2N7O3/c1-37(30(41)23-17-24(32)19-25(33)18-23)20-28(36-43-2)27(22-7-4-3-5-8-22)11-16-38-14-9-26(10-15-38)40-13-6-12-39(31(40)42)21-29(34)35/h3-5,7-8,17-19,26-27H,6,9-16,20-21H2,1-2H3,(H3,34,35)/b36-28+. The predicted molar refractivity (Wildman–Crippen MR) is 171 cm³/mol. The predicted octanol–water partition coefficient (Wildman–Crippen LogP) is 4.77. The molecule has 2 fully saturated rings. The van der Waals surface area contributed by atoms with E-state index in [9.17, 15) is 9.59 Å². The van der Waals surface area contributed by atoms with Crippen LogP contribution in [0.3, 0.4) is 0 Å². The molecule has 0 aromatic heterocycles. The first-order chi connectivity index (χ1) is 20.7. The summed E-state index contributed by atoms with van der Waals surface area (Å²) in [7, 11) is 3.25. The summed E-state index contributed by atoms with van der Waals surface area (Å²) in [4.78, 5) is 39.3. The van der Waals surface area contributed by atoms with E-state index in [1.165, 1.54) is 7.11 Å². The van der Waals surface area contributed by atoms with E-state index in [4.69, 9.17) is 39.2 Å². The van der Waals surface area contributed by atoms with Gasteiger partial charge in [0, 0.05) is 60.8 Å². The van der Waals surface area contributed by atoms with Gasteiger partial charge in [0.05, 0.1) is 18.8 Å². The number of nitrogens with zero attached hydrogens (tertiary/aromatic N) is 5. The number of piperidine rings is 1. The number of carbonyl (C=O) groups is 2. The van der Waals surface area contributed by atoms with Gasteiger partial charge in [0.1, 0.15) is 12.9 Å². The van der Waals surface area contributed by atoms with Crippen LogP contribution in [0.4, 0.5) is 4.79 Å². The average molecular weight is 631 g/mol. The second kappa shape index (κ2) is 15.4. The number of likely N-dealkylation sites (tertiary alicyclic amines) is 1. The van der Waals surface area contributed by atoms with Crippen LogP contribution in [-0.4, -0.2) is 109 Å². The molecule has 0 saturated carbocycles. The van der Waals surface area contributed by atoms with Crippen molar-refractivity contribution in [2.75, 3.05) is 60.0 Å². The number of hydrogen-bond acceptors (Lipinski definition) is 6. The Balaban J connectivity index is 1.40. The van der Waals surface area contributed by atoms with Gasteiger partial charge < -0.3 is 30.2 Å². The summed E-state index contributed by atoms with van der Waals surface area (Å²) in [6.45, 7) is 4.45. The molecule has 3 amide bonds. The Kier molecular flexibility index (Phi) is 11.7. The topological polar surface area (TPSA) is 119 Å². The first-order valence-electron chi connectivity index (χ1n) is 14.6. The molecule has 12 heteroatoms. The lowest BCUT2D eigenvalue weighted by Crippen LogP contribution is -2.57. The fraction of sp³-hybridized carbons (Fsp3) is 0.484. The van der Waals surface area contributed by atoms with E-state index < -0.39 is 0 Å². The van der Waals surface area contributed by atoms with E-state index in [-0.39, 0.29) is 42.8 Å². The number of amidine groups is 1. The molecule has 2 aromatic rings. The maximum atomic E-state index is 13.3. The molecular weight excluding hydrogens is 589 g/mol. The zero-order valence-electron chi connectivity index (χ0n) is 24.8. The Bertz CT molecular complexity index is 1280. The van der Waals surface area contributed by atoms with Crippen LogP contribution in [0.2, 0.25) is 10.0 Å². The number of hydrogen-bond donors (Lipinski definition) is 2. The highest BCUT2D eigenvalue weighted by Gasteiger charge is 2.33.